The number of carbonyl (C=O) groups is 2. The molecule has 6 N–H and O–H groups in total. The second-order valence-corrected chi connectivity index (χ2v) is 5.56. The maximum atomic E-state index is 10.4. The maximum absolute atomic E-state index is 10.4. The summed E-state index contributed by atoms with van der Waals surface area (Å²) >= 11 is 0. The van der Waals surface area contributed by atoms with Gasteiger partial charge in [0.2, 0.25) is 0 Å². The maximum Gasteiger partial charge on any atom is 0.268 e. The minimum atomic E-state index is -0.553. The highest BCUT2D eigenvalue weighted by Crippen LogP contribution is 1.89. The lowest BCUT2D eigenvalue weighted by atomic mass is 10.3. The van der Waals surface area contributed by atoms with Crippen LogP contribution < -0.4 is 11.5 Å². The van der Waals surface area contributed by atoms with Crippen LogP contribution in [-0.2, 0) is 0 Å². The van der Waals surface area contributed by atoms with Gasteiger partial charge >= 0.3 is 0 Å². The number of aliphatic hydroxyl groups excluding tert-OH is 2. The van der Waals surface area contributed by atoms with Crippen LogP contribution in [0.4, 0.5) is 0 Å². The van der Waals surface area contributed by atoms with Crippen molar-refractivity contribution in [2.75, 3.05) is 14.2 Å². The highest BCUT2D eigenvalue weighted by Gasteiger charge is 1.97. The lowest BCUT2D eigenvalue weighted by molar-refractivity contribution is 0.0987. The summed E-state index contributed by atoms with van der Waals surface area (Å²) in [6.45, 7) is 0. The van der Waals surface area contributed by atoms with E-state index in [0.29, 0.717) is 17.1 Å². The van der Waals surface area contributed by atoms with Gasteiger partial charge in [-0.1, -0.05) is 12.1 Å². The number of primary amides is 2. The molecule has 0 aromatic carbocycles. The Bertz CT molecular complexity index is 1120. The first-order valence-corrected chi connectivity index (χ1v) is 10.1. The number of rotatable bonds is 2. The van der Waals surface area contributed by atoms with Gasteiger partial charge in [-0.25, -0.2) is 15.0 Å². The van der Waals surface area contributed by atoms with Gasteiger partial charge in [-0.3, -0.25) is 24.5 Å². The van der Waals surface area contributed by atoms with Crippen molar-refractivity contribution in [3.8, 4) is 12.1 Å². The Morgan fingerprint density at radius 3 is 1.37 bits per heavy atom. The Balaban J connectivity index is 0. The van der Waals surface area contributed by atoms with E-state index >= 15 is 0 Å². The molecule has 0 saturated heterocycles. The molecular formula is C24H26N10O4. The number of pyridine rings is 2. The van der Waals surface area contributed by atoms with Crippen LogP contribution in [0, 0.1) is 22.7 Å². The lowest BCUT2D eigenvalue weighted by Gasteiger charge is -1.88. The molecule has 4 aromatic rings. The first kappa shape index (κ1) is 34.5. The summed E-state index contributed by atoms with van der Waals surface area (Å²) in [4.78, 5) is 42.7. The van der Waals surface area contributed by atoms with E-state index in [1.54, 1.807) is 42.6 Å². The summed E-state index contributed by atoms with van der Waals surface area (Å²) in [7, 11) is 2.00. The zero-order valence-electron chi connectivity index (χ0n) is 20.5. The summed E-state index contributed by atoms with van der Waals surface area (Å²) in [5.41, 5.74) is 11.1. The first-order valence-electron chi connectivity index (χ1n) is 10.1. The predicted molar refractivity (Wildman–Crippen MR) is 135 cm³/mol. The fourth-order valence-electron chi connectivity index (χ4n) is 1.72. The molecule has 2 amide bonds. The van der Waals surface area contributed by atoms with Gasteiger partial charge in [-0.15, -0.1) is 0 Å². The molecule has 0 radical (unpaired) electrons. The van der Waals surface area contributed by atoms with E-state index in [4.69, 9.17) is 32.2 Å². The number of carbonyl (C=O) groups excluding carboxylic acids is 2. The van der Waals surface area contributed by atoms with Crippen LogP contribution in [0.5, 0.6) is 0 Å². The van der Waals surface area contributed by atoms with Gasteiger partial charge in [0.05, 0.1) is 12.4 Å². The molecule has 4 rings (SSSR count). The van der Waals surface area contributed by atoms with Crippen LogP contribution in [-0.4, -0.2) is 66.2 Å². The van der Waals surface area contributed by atoms with Crippen LogP contribution in [0.25, 0.3) is 0 Å². The Morgan fingerprint density at radius 1 is 0.632 bits per heavy atom. The van der Waals surface area contributed by atoms with E-state index in [1.807, 2.05) is 12.1 Å². The Kier molecular flexibility index (Phi) is 22.2. The molecule has 0 spiro atoms. The Labute approximate surface area is 219 Å². The molecule has 0 bridgehead atoms. The average molecular weight is 519 g/mol. The summed E-state index contributed by atoms with van der Waals surface area (Å²) in [6.07, 6.45) is 11.8. The monoisotopic (exact) mass is 518 g/mol. The van der Waals surface area contributed by atoms with Gasteiger partial charge in [0.15, 0.2) is 5.69 Å². The number of aromatic nitrogens is 6. The molecule has 4 aromatic heterocycles. The van der Waals surface area contributed by atoms with Gasteiger partial charge in [0, 0.05) is 51.4 Å². The van der Waals surface area contributed by atoms with Crippen molar-refractivity contribution in [1.82, 2.24) is 29.9 Å². The van der Waals surface area contributed by atoms with Crippen molar-refractivity contribution >= 4 is 11.8 Å². The highest BCUT2D eigenvalue weighted by atomic mass is 16.2. The zero-order chi connectivity index (χ0) is 29.0. The topological polar surface area (TPSA) is 252 Å². The summed E-state index contributed by atoms with van der Waals surface area (Å²) < 4.78 is 0. The number of hydrogen-bond donors (Lipinski definition) is 4. The summed E-state index contributed by atoms with van der Waals surface area (Å²) in [6, 6.07) is 14.0. The third-order valence-electron chi connectivity index (χ3n) is 3.19. The van der Waals surface area contributed by atoms with Crippen molar-refractivity contribution in [3.05, 3.63) is 109 Å². The van der Waals surface area contributed by atoms with E-state index in [1.165, 1.54) is 43.4 Å². The molecule has 0 aliphatic rings. The van der Waals surface area contributed by atoms with E-state index in [9.17, 15) is 9.59 Å². The number of amides is 2. The fourth-order valence-corrected chi connectivity index (χ4v) is 1.72. The summed E-state index contributed by atoms with van der Waals surface area (Å²) in [5, 5.41) is 30.4. The third kappa shape index (κ3) is 17.7. The third-order valence-corrected chi connectivity index (χ3v) is 3.19. The standard InChI is InChI=1S/C6H6N2O.C6H4N2.C5H5N3O.C5H3N3.2CH4O/c7-6(9)5-3-1-2-4-8-5;7-5-6-3-1-2-4-8-6;6-5(9)4-3-7-1-2-8-4;6-3-5-4-7-1-2-8-5;2*1-2/h1-4H,(H2,7,9);1-4H;1-3H,(H2,6,9);1-2,4H;2*2H,1H3. The summed E-state index contributed by atoms with van der Waals surface area (Å²) in [5.74, 6) is -1.04. The molecule has 196 valence electrons. The van der Waals surface area contributed by atoms with Crippen molar-refractivity contribution in [1.29, 1.82) is 10.5 Å². The van der Waals surface area contributed by atoms with Crippen LogP contribution in [0.15, 0.2) is 86.0 Å². The minimum absolute atomic E-state index is 0.192. The molecule has 0 fully saturated rings. The second-order valence-electron chi connectivity index (χ2n) is 5.56. The van der Waals surface area contributed by atoms with Crippen LogP contribution in [0.3, 0.4) is 0 Å². The van der Waals surface area contributed by atoms with Gasteiger partial charge in [0.1, 0.15) is 29.2 Å². The Hall–Kier alpha value is -5.70. The SMILES string of the molecule is CO.CO.N#Cc1ccccn1.N#Cc1cnccn1.NC(=O)c1ccccn1.NC(=O)c1cnccn1. The van der Waals surface area contributed by atoms with Crippen molar-refractivity contribution in [3.63, 3.8) is 0 Å². The molecule has 0 aliphatic heterocycles. The molecule has 0 atom stereocenters. The van der Waals surface area contributed by atoms with Crippen LogP contribution in [0.1, 0.15) is 32.4 Å². The van der Waals surface area contributed by atoms with E-state index < -0.39 is 11.8 Å². The van der Waals surface area contributed by atoms with Crippen LogP contribution in [0.2, 0.25) is 0 Å². The number of nitrogens with two attached hydrogens (primary N) is 2. The lowest BCUT2D eigenvalue weighted by Crippen LogP contribution is -2.12. The number of aliphatic hydroxyl groups is 2. The highest BCUT2D eigenvalue weighted by molar-refractivity contribution is 5.90. The number of nitrogens with zero attached hydrogens (tertiary/aromatic N) is 8. The van der Waals surface area contributed by atoms with E-state index in [2.05, 4.69) is 29.9 Å². The Morgan fingerprint density at radius 2 is 1.11 bits per heavy atom. The van der Waals surface area contributed by atoms with E-state index in [-0.39, 0.29) is 5.69 Å². The zero-order valence-corrected chi connectivity index (χ0v) is 20.5. The minimum Gasteiger partial charge on any atom is -0.400 e. The molecule has 14 nitrogen and oxygen atoms in total. The van der Waals surface area contributed by atoms with Crippen molar-refractivity contribution in [2.45, 2.75) is 0 Å². The normalized spacial score (nSPS) is 7.84. The molecule has 4 heterocycles. The molecular weight excluding hydrogens is 492 g/mol. The molecule has 0 saturated carbocycles. The van der Waals surface area contributed by atoms with Gasteiger partial charge in [0.25, 0.3) is 11.8 Å². The van der Waals surface area contributed by atoms with Crippen LogP contribution >= 0.6 is 0 Å². The van der Waals surface area contributed by atoms with Crippen molar-refractivity contribution in [2.24, 2.45) is 11.5 Å². The fraction of sp³-hybridized carbons (Fsp3) is 0.0833. The second kappa shape index (κ2) is 24.4. The first-order chi connectivity index (χ1) is 18.5. The smallest absolute Gasteiger partial charge is 0.268 e. The number of nitriles is 2. The largest absolute Gasteiger partial charge is 0.400 e. The average Bonchev–Trinajstić information content (AvgIpc) is 3.02. The van der Waals surface area contributed by atoms with E-state index in [0.717, 1.165) is 14.2 Å². The molecule has 0 unspecified atom stereocenters. The molecule has 0 aliphatic carbocycles. The van der Waals surface area contributed by atoms with Crippen molar-refractivity contribution < 1.29 is 19.8 Å². The quantitative estimate of drug-likeness (QED) is 0.279. The predicted octanol–water partition coefficient (Wildman–Crippen LogP) is 0.275. The van der Waals surface area contributed by atoms with Gasteiger partial charge < -0.3 is 21.7 Å². The van der Waals surface area contributed by atoms with Gasteiger partial charge in [-0.05, 0) is 24.3 Å². The molecule has 14 heteroatoms. The van der Waals surface area contributed by atoms with Gasteiger partial charge in [-0.2, -0.15) is 10.5 Å². The number of hydrogen-bond acceptors (Lipinski definition) is 12. The molecule has 38 heavy (non-hydrogen) atoms.